The summed E-state index contributed by atoms with van der Waals surface area (Å²) in [6.45, 7) is 2.20. The van der Waals surface area contributed by atoms with Crippen molar-refractivity contribution in [2.45, 2.75) is 13.3 Å². The predicted octanol–water partition coefficient (Wildman–Crippen LogP) is 9.16. The van der Waals surface area contributed by atoms with Crippen LogP contribution < -0.4 is 0 Å². The molecule has 0 nitrogen and oxygen atoms in total. The van der Waals surface area contributed by atoms with Crippen LogP contribution in [0, 0.1) is 0 Å². The molecule has 0 bridgehead atoms. The van der Waals surface area contributed by atoms with Gasteiger partial charge >= 0.3 is 0 Å². The Morgan fingerprint density at radius 2 is 1.04 bits per heavy atom. The van der Waals surface area contributed by atoms with Crippen molar-refractivity contribution in [2.24, 2.45) is 0 Å². The fraction of sp³-hybridized carbons (Fsp3) is 0.0833. The van der Waals surface area contributed by atoms with Crippen LogP contribution in [0.25, 0.3) is 39.7 Å². The molecule has 0 saturated heterocycles. The van der Waals surface area contributed by atoms with Crippen LogP contribution >= 0.6 is 45.3 Å². The molecule has 4 heterocycles. The summed E-state index contributed by atoms with van der Waals surface area (Å²) in [6.07, 6.45) is 1.09. The van der Waals surface area contributed by atoms with Gasteiger partial charge in [0.15, 0.2) is 0 Å². The summed E-state index contributed by atoms with van der Waals surface area (Å²) in [7, 11) is 0. The molecular weight excluding hydrogens is 417 g/mol. The molecule has 4 aromatic heterocycles. The Morgan fingerprint density at radius 3 is 1.54 bits per heavy atom. The van der Waals surface area contributed by atoms with Crippen molar-refractivity contribution < 1.29 is 0 Å². The van der Waals surface area contributed by atoms with Gasteiger partial charge in [0.2, 0.25) is 0 Å². The lowest BCUT2D eigenvalue weighted by Crippen LogP contribution is -1.78. The number of hydrogen-bond donors (Lipinski definition) is 0. The number of hydrogen-bond acceptors (Lipinski definition) is 4. The summed E-state index contributed by atoms with van der Waals surface area (Å²) in [5.74, 6) is 0. The molecule has 0 spiro atoms. The first-order valence-corrected chi connectivity index (χ1v) is 12.6. The molecule has 0 amide bonds. The van der Waals surface area contributed by atoms with Crippen molar-refractivity contribution in [1.29, 1.82) is 0 Å². The molecule has 0 aliphatic rings. The SMILES string of the molecule is CCc1ccc(-c2ccc(-c3ccc(-c4ccc(-c5cccs5)s4)s3)s2)cc1. The molecule has 0 aliphatic carbocycles. The van der Waals surface area contributed by atoms with Crippen molar-refractivity contribution >= 4 is 45.3 Å². The molecule has 5 aromatic rings. The van der Waals surface area contributed by atoms with Gasteiger partial charge in [-0.3, -0.25) is 0 Å². The van der Waals surface area contributed by atoms with E-state index in [9.17, 15) is 0 Å². The summed E-state index contributed by atoms with van der Waals surface area (Å²) >= 11 is 7.46. The molecule has 0 atom stereocenters. The van der Waals surface area contributed by atoms with Crippen LogP contribution in [-0.2, 0) is 6.42 Å². The fourth-order valence-electron chi connectivity index (χ4n) is 3.15. The minimum atomic E-state index is 1.09. The van der Waals surface area contributed by atoms with Gasteiger partial charge in [0.05, 0.1) is 0 Å². The van der Waals surface area contributed by atoms with E-state index in [2.05, 4.69) is 85.1 Å². The van der Waals surface area contributed by atoms with E-state index < -0.39 is 0 Å². The van der Waals surface area contributed by atoms with Gasteiger partial charge in [-0.1, -0.05) is 37.3 Å². The van der Waals surface area contributed by atoms with Gasteiger partial charge in [0, 0.05) is 34.1 Å². The summed E-state index contributed by atoms with van der Waals surface area (Å²) in [5.41, 5.74) is 2.70. The average Bonchev–Trinajstić information content (AvgIpc) is 3.53. The number of thiophene rings is 4. The largest absolute Gasteiger partial charge is 0.143 e. The van der Waals surface area contributed by atoms with E-state index in [-0.39, 0.29) is 0 Å². The standard InChI is InChI=1S/C24H18S4/c1-2-16-5-7-17(8-6-16)18-9-10-21(26-18)22-13-14-24(28-22)23-12-11-20(27-23)19-4-3-15-25-19/h3-15H,2H2,1H3. The lowest BCUT2D eigenvalue weighted by Gasteiger charge is -1.99. The second kappa shape index (κ2) is 7.80. The smallest absolute Gasteiger partial charge is 0.0449 e. The van der Waals surface area contributed by atoms with Crippen molar-refractivity contribution in [3.8, 4) is 39.7 Å². The molecular formula is C24H18S4. The third-order valence-electron chi connectivity index (χ3n) is 4.71. The maximum absolute atomic E-state index is 2.26. The van der Waals surface area contributed by atoms with Crippen LogP contribution in [0.5, 0.6) is 0 Å². The molecule has 1 aromatic carbocycles. The third-order valence-corrected chi connectivity index (χ3v) is 9.48. The fourth-order valence-corrected chi connectivity index (χ4v) is 7.19. The molecule has 0 fully saturated rings. The molecule has 0 radical (unpaired) electrons. The molecule has 0 saturated carbocycles. The number of aryl methyl sites for hydroxylation is 1. The average molecular weight is 435 g/mol. The van der Waals surface area contributed by atoms with Gasteiger partial charge in [-0.25, -0.2) is 0 Å². The zero-order valence-corrected chi connectivity index (χ0v) is 18.6. The lowest BCUT2D eigenvalue weighted by atomic mass is 10.1. The second-order valence-electron chi connectivity index (χ2n) is 6.52. The first-order chi connectivity index (χ1) is 13.8. The molecule has 0 aliphatic heterocycles. The molecule has 28 heavy (non-hydrogen) atoms. The highest BCUT2D eigenvalue weighted by Crippen LogP contribution is 2.43. The van der Waals surface area contributed by atoms with Crippen molar-refractivity contribution in [1.82, 2.24) is 0 Å². The second-order valence-corrected chi connectivity index (χ2v) is 10.7. The van der Waals surface area contributed by atoms with Crippen LogP contribution in [0.3, 0.4) is 0 Å². The topological polar surface area (TPSA) is 0 Å². The van der Waals surface area contributed by atoms with Crippen LogP contribution in [0.1, 0.15) is 12.5 Å². The van der Waals surface area contributed by atoms with Gasteiger partial charge < -0.3 is 0 Å². The van der Waals surface area contributed by atoms with E-state index in [4.69, 9.17) is 0 Å². The third kappa shape index (κ3) is 3.53. The Balaban J connectivity index is 1.40. The Kier molecular flexibility index (Phi) is 5.03. The predicted molar refractivity (Wildman–Crippen MR) is 129 cm³/mol. The monoisotopic (exact) mass is 434 g/mol. The Morgan fingerprint density at radius 1 is 0.536 bits per heavy atom. The molecule has 4 heteroatoms. The summed E-state index contributed by atoms with van der Waals surface area (Å²) < 4.78 is 0. The van der Waals surface area contributed by atoms with E-state index in [0.29, 0.717) is 0 Å². The summed E-state index contributed by atoms with van der Waals surface area (Å²) in [6, 6.07) is 26.8. The number of rotatable bonds is 5. The maximum atomic E-state index is 2.26. The van der Waals surface area contributed by atoms with Crippen LogP contribution in [0.15, 0.2) is 78.2 Å². The lowest BCUT2D eigenvalue weighted by molar-refractivity contribution is 1.14. The summed E-state index contributed by atoms with van der Waals surface area (Å²) in [5, 5.41) is 2.14. The summed E-state index contributed by atoms with van der Waals surface area (Å²) in [4.78, 5) is 9.45. The van der Waals surface area contributed by atoms with Crippen LogP contribution in [0.4, 0.5) is 0 Å². The van der Waals surface area contributed by atoms with E-state index >= 15 is 0 Å². The van der Waals surface area contributed by atoms with Crippen molar-refractivity contribution in [2.75, 3.05) is 0 Å². The van der Waals surface area contributed by atoms with Crippen molar-refractivity contribution in [3.05, 3.63) is 83.7 Å². The van der Waals surface area contributed by atoms with Crippen molar-refractivity contribution in [3.63, 3.8) is 0 Å². The molecule has 0 unspecified atom stereocenters. The van der Waals surface area contributed by atoms with Gasteiger partial charge in [-0.05, 0) is 65.4 Å². The molecule has 0 N–H and O–H groups in total. The van der Waals surface area contributed by atoms with E-state index in [1.165, 1.54) is 45.3 Å². The van der Waals surface area contributed by atoms with E-state index in [1.807, 2.05) is 34.0 Å². The first kappa shape index (κ1) is 18.1. The highest BCUT2D eigenvalue weighted by molar-refractivity contribution is 7.28. The zero-order valence-electron chi connectivity index (χ0n) is 15.3. The van der Waals surface area contributed by atoms with Gasteiger partial charge in [0.1, 0.15) is 0 Å². The highest BCUT2D eigenvalue weighted by atomic mass is 32.1. The van der Waals surface area contributed by atoms with Crippen LogP contribution in [-0.4, -0.2) is 0 Å². The minimum Gasteiger partial charge on any atom is -0.143 e. The normalized spacial score (nSPS) is 11.2. The number of benzene rings is 1. The van der Waals surface area contributed by atoms with Gasteiger partial charge in [-0.15, -0.1) is 45.3 Å². The van der Waals surface area contributed by atoms with E-state index in [0.717, 1.165) is 6.42 Å². The van der Waals surface area contributed by atoms with Gasteiger partial charge in [0.25, 0.3) is 0 Å². The quantitative estimate of drug-likeness (QED) is 0.259. The molecule has 5 rings (SSSR count). The Bertz CT molecular complexity index is 1180. The van der Waals surface area contributed by atoms with Gasteiger partial charge in [-0.2, -0.15) is 0 Å². The maximum Gasteiger partial charge on any atom is 0.0449 e. The van der Waals surface area contributed by atoms with Crippen LogP contribution in [0.2, 0.25) is 0 Å². The first-order valence-electron chi connectivity index (χ1n) is 9.23. The molecule has 138 valence electrons. The zero-order chi connectivity index (χ0) is 18.9. The van der Waals surface area contributed by atoms with E-state index in [1.54, 1.807) is 11.3 Å². The Hall–Kier alpha value is -1.98. The Labute approximate surface area is 181 Å². The minimum absolute atomic E-state index is 1.09. The highest BCUT2D eigenvalue weighted by Gasteiger charge is 2.11.